The third-order valence-corrected chi connectivity index (χ3v) is 2.83. The number of ether oxygens (including phenoxy) is 1. The predicted molar refractivity (Wildman–Crippen MR) is 62.7 cm³/mol. The van der Waals surface area contributed by atoms with Crippen LogP contribution in [0.1, 0.15) is 30.9 Å². The molecule has 0 fully saturated rings. The van der Waals surface area contributed by atoms with Crippen molar-refractivity contribution in [2.75, 3.05) is 6.54 Å². The van der Waals surface area contributed by atoms with E-state index in [9.17, 15) is 0 Å². The van der Waals surface area contributed by atoms with E-state index < -0.39 is 0 Å². The normalized spacial score (nSPS) is 17.8. The number of para-hydroxylation sites is 1. The van der Waals surface area contributed by atoms with E-state index in [1.54, 1.807) is 0 Å². The molecule has 1 aliphatic heterocycles. The van der Waals surface area contributed by atoms with Crippen LogP contribution >= 0.6 is 0 Å². The Hall–Kier alpha value is -1.67. The monoisotopic (exact) mass is 217 g/mol. The van der Waals surface area contributed by atoms with Crippen molar-refractivity contribution in [3.8, 4) is 5.75 Å². The number of hydrogen-bond acceptors (Lipinski definition) is 2. The Labute approximate surface area is 94.9 Å². The van der Waals surface area contributed by atoms with Gasteiger partial charge >= 0.3 is 0 Å². The molecular formula is C12H15N3O. The van der Waals surface area contributed by atoms with Crippen LogP contribution < -0.4 is 4.74 Å². The van der Waals surface area contributed by atoms with Crippen LogP contribution in [0, 0.1) is 0 Å². The number of nitrogens with zero attached hydrogens (tertiary/aromatic N) is 3. The lowest BCUT2D eigenvalue weighted by Crippen LogP contribution is -2.16. The van der Waals surface area contributed by atoms with Crippen LogP contribution in [0.15, 0.2) is 23.3 Å². The van der Waals surface area contributed by atoms with Crippen molar-refractivity contribution in [2.45, 2.75) is 32.3 Å². The Morgan fingerprint density at radius 2 is 2.38 bits per heavy atom. The van der Waals surface area contributed by atoms with Crippen molar-refractivity contribution in [2.24, 2.45) is 5.11 Å². The summed E-state index contributed by atoms with van der Waals surface area (Å²) in [5, 5.41) is 3.57. The highest BCUT2D eigenvalue weighted by atomic mass is 16.5. The van der Waals surface area contributed by atoms with Gasteiger partial charge in [-0.1, -0.05) is 37.2 Å². The lowest BCUT2D eigenvalue weighted by molar-refractivity contribution is 0.239. The van der Waals surface area contributed by atoms with Gasteiger partial charge in [-0.25, -0.2) is 0 Å². The number of rotatable bonds is 3. The van der Waals surface area contributed by atoms with Gasteiger partial charge in [0.15, 0.2) is 0 Å². The average Bonchev–Trinajstić information content (AvgIpc) is 2.68. The zero-order chi connectivity index (χ0) is 11.5. The van der Waals surface area contributed by atoms with Crippen LogP contribution in [0.3, 0.4) is 0 Å². The van der Waals surface area contributed by atoms with Crippen LogP contribution in [0.4, 0.5) is 0 Å². The second-order valence-electron chi connectivity index (χ2n) is 4.35. The molecule has 1 aliphatic rings. The summed E-state index contributed by atoms with van der Waals surface area (Å²) in [6, 6.07) is 6.24. The summed E-state index contributed by atoms with van der Waals surface area (Å²) in [5.74, 6) is 1.45. The van der Waals surface area contributed by atoms with Gasteiger partial charge in [0, 0.05) is 11.3 Å². The number of hydrogen-bond donors (Lipinski definition) is 0. The van der Waals surface area contributed by atoms with Gasteiger partial charge in [0.25, 0.3) is 0 Å². The van der Waals surface area contributed by atoms with Crippen molar-refractivity contribution in [3.63, 3.8) is 0 Å². The van der Waals surface area contributed by atoms with E-state index >= 15 is 0 Å². The molecule has 1 unspecified atom stereocenters. The molecule has 0 bridgehead atoms. The Morgan fingerprint density at radius 3 is 3.06 bits per heavy atom. The van der Waals surface area contributed by atoms with Gasteiger partial charge in [0.05, 0.1) is 6.54 Å². The first-order valence-corrected chi connectivity index (χ1v) is 5.51. The van der Waals surface area contributed by atoms with Gasteiger partial charge in [-0.15, -0.1) is 0 Å². The van der Waals surface area contributed by atoms with Gasteiger partial charge in [0.1, 0.15) is 11.9 Å². The lowest BCUT2D eigenvalue weighted by atomic mass is 9.99. The summed E-state index contributed by atoms with van der Waals surface area (Å²) < 4.78 is 5.84. The topological polar surface area (TPSA) is 58.0 Å². The summed E-state index contributed by atoms with van der Waals surface area (Å²) in [7, 11) is 0. The summed E-state index contributed by atoms with van der Waals surface area (Å²) in [6.45, 7) is 4.71. The Bertz CT molecular complexity index is 436. The third kappa shape index (κ3) is 1.97. The molecule has 1 aromatic carbocycles. The fourth-order valence-corrected chi connectivity index (χ4v) is 2.05. The third-order valence-electron chi connectivity index (χ3n) is 2.83. The van der Waals surface area contributed by atoms with E-state index in [0.717, 1.165) is 12.2 Å². The highest BCUT2D eigenvalue weighted by Crippen LogP contribution is 2.36. The first-order chi connectivity index (χ1) is 7.72. The quantitative estimate of drug-likeness (QED) is 0.434. The second kappa shape index (κ2) is 4.45. The van der Waals surface area contributed by atoms with E-state index in [1.807, 2.05) is 0 Å². The number of benzene rings is 1. The molecule has 0 spiro atoms. The SMILES string of the molecule is CC(C)c1cccc2c1OC(CN=[N+]=[N-])C2. The molecule has 84 valence electrons. The van der Waals surface area contributed by atoms with Crippen LogP contribution in [0.5, 0.6) is 5.75 Å². The zero-order valence-electron chi connectivity index (χ0n) is 9.55. The smallest absolute Gasteiger partial charge is 0.126 e. The van der Waals surface area contributed by atoms with Crippen molar-refractivity contribution in [1.29, 1.82) is 0 Å². The highest BCUT2D eigenvalue weighted by molar-refractivity contribution is 5.46. The Kier molecular flexibility index (Phi) is 3.02. The fraction of sp³-hybridized carbons (Fsp3) is 0.500. The molecule has 0 saturated heterocycles. The fourth-order valence-electron chi connectivity index (χ4n) is 2.05. The molecule has 1 aromatic rings. The molecule has 1 heterocycles. The molecule has 0 saturated carbocycles. The maximum absolute atomic E-state index is 8.29. The van der Waals surface area contributed by atoms with E-state index in [1.165, 1.54) is 11.1 Å². The molecule has 16 heavy (non-hydrogen) atoms. The van der Waals surface area contributed by atoms with Crippen LogP contribution in [-0.2, 0) is 6.42 Å². The molecule has 4 heteroatoms. The van der Waals surface area contributed by atoms with Gasteiger partial charge in [-0.05, 0) is 22.6 Å². The minimum Gasteiger partial charge on any atom is -0.489 e. The molecule has 1 atom stereocenters. The first-order valence-electron chi connectivity index (χ1n) is 5.51. The molecule has 0 aliphatic carbocycles. The number of azide groups is 1. The molecule has 0 N–H and O–H groups in total. The summed E-state index contributed by atoms with van der Waals surface area (Å²) in [4.78, 5) is 2.76. The summed E-state index contributed by atoms with van der Waals surface area (Å²) >= 11 is 0. The minimum atomic E-state index is 0.00537. The first kappa shape index (κ1) is 10.8. The van der Waals surface area contributed by atoms with Crippen molar-refractivity contribution >= 4 is 0 Å². The van der Waals surface area contributed by atoms with E-state index in [2.05, 4.69) is 42.1 Å². The average molecular weight is 217 g/mol. The lowest BCUT2D eigenvalue weighted by Gasteiger charge is -2.12. The largest absolute Gasteiger partial charge is 0.489 e. The number of fused-ring (bicyclic) bond motifs is 1. The van der Waals surface area contributed by atoms with Gasteiger partial charge in [0.2, 0.25) is 0 Å². The minimum absolute atomic E-state index is 0.00537. The van der Waals surface area contributed by atoms with E-state index in [-0.39, 0.29) is 6.10 Å². The molecule has 0 amide bonds. The van der Waals surface area contributed by atoms with Crippen molar-refractivity contribution in [1.82, 2.24) is 0 Å². The maximum atomic E-state index is 8.29. The second-order valence-corrected chi connectivity index (χ2v) is 4.35. The Balaban J connectivity index is 2.23. The molecule has 4 nitrogen and oxygen atoms in total. The van der Waals surface area contributed by atoms with Crippen molar-refractivity contribution in [3.05, 3.63) is 39.8 Å². The van der Waals surface area contributed by atoms with Gasteiger partial charge < -0.3 is 4.74 Å². The van der Waals surface area contributed by atoms with Gasteiger partial charge in [-0.3, -0.25) is 0 Å². The van der Waals surface area contributed by atoms with Crippen LogP contribution in [-0.4, -0.2) is 12.6 Å². The van der Waals surface area contributed by atoms with Gasteiger partial charge in [-0.2, -0.15) is 0 Å². The Morgan fingerprint density at radius 1 is 1.56 bits per heavy atom. The predicted octanol–water partition coefficient (Wildman–Crippen LogP) is 3.42. The molecule has 0 radical (unpaired) electrons. The molecule has 2 rings (SSSR count). The molecule has 0 aromatic heterocycles. The van der Waals surface area contributed by atoms with Crippen molar-refractivity contribution < 1.29 is 4.74 Å². The molecular weight excluding hydrogens is 202 g/mol. The summed E-state index contributed by atoms with van der Waals surface area (Å²) in [5.41, 5.74) is 10.8. The van der Waals surface area contributed by atoms with Crippen LogP contribution in [0.25, 0.3) is 10.4 Å². The van der Waals surface area contributed by atoms with E-state index in [0.29, 0.717) is 12.5 Å². The van der Waals surface area contributed by atoms with E-state index in [4.69, 9.17) is 10.3 Å². The summed E-state index contributed by atoms with van der Waals surface area (Å²) in [6.07, 6.45) is 0.848. The highest BCUT2D eigenvalue weighted by Gasteiger charge is 2.25. The maximum Gasteiger partial charge on any atom is 0.126 e. The van der Waals surface area contributed by atoms with Crippen LogP contribution in [0.2, 0.25) is 0 Å². The zero-order valence-corrected chi connectivity index (χ0v) is 9.55. The standard InChI is InChI=1S/C12H15N3O/c1-8(2)11-5-3-4-9-6-10(7-14-15-13)16-12(9)11/h3-5,8,10H,6-7H2,1-2H3.